The largest absolute Gasteiger partial charge is 0.192 e. The molecule has 0 aliphatic heterocycles. The first kappa shape index (κ1) is 27.8. The van der Waals surface area contributed by atoms with Gasteiger partial charge >= 0.3 is 0 Å². The van der Waals surface area contributed by atoms with Crippen LogP contribution in [0.25, 0.3) is 96.6 Å². The van der Waals surface area contributed by atoms with E-state index in [-0.39, 0.29) is 0 Å². The molecule has 1 heterocycles. The van der Waals surface area contributed by atoms with E-state index in [9.17, 15) is 5.26 Å². The Balaban J connectivity index is 1.15. The van der Waals surface area contributed by atoms with Crippen LogP contribution in [0.5, 0.6) is 0 Å². The number of nitriles is 1. The molecular weight excluding hydrogens is 611 g/mol. The van der Waals surface area contributed by atoms with Gasteiger partial charge in [0.1, 0.15) is 0 Å². The van der Waals surface area contributed by atoms with Crippen LogP contribution >= 0.6 is 11.3 Å². The van der Waals surface area contributed by atoms with Gasteiger partial charge in [0.25, 0.3) is 0 Å². The van der Waals surface area contributed by atoms with Crippen molar-refractivity contribution in [1.82, 2.24) is 0 Å². The molecule has 9 aromatic carbocycles. The Kier molecular flexibility index (Phi) is 6.18. The molecule has 0 N–H and O–H groups in total. The van der Waals surface area contributed by atoms with Crippen LogP contribution in [0.2, 0.25) is 0 Å². The zero-order chi connectivity index (χ0) is 32.5. The lowest BCUT2D eigenvalue weighted by molar-refractivity contribution is 1.50. The van der Waals surface area contributed by atoms with Gasteiger partial charge in [0.15, 0.2) is 0 Å². The van der Waals surface area contributed by atoms with Crippen LogP contribution < -0.4 is 0 Å². The van der Waals surface area contributed by atoms with Crippen molar-refractivity contribution in [3.05, 3.63) is 169 Å². The van der Waals surface area contributed by atoms with Crippen LogP contribution in [0.15, 0.2) is 164 Å². The lowest BCUT2D eigenvalue weighted by Crippen LogP contribution is -1.90. The summed E-state index contributed by atoms with van der Waals surface area (Å²) in [7, 11) is 0. The molecule has 49 heavy (non-hydrogen) atoms. The third kappa shape index (κ3) is 4.37. The van der Waals surface area contributed by atoms with Crippen LogP contribution in [0.3, 0.4) is 0 Å². The van der Waals surface area contributed by atoms with E-state index in [1.807, 2.05) is 12.1 Å². The number of rotatable bonds is 3. The molecule has 10 aromatic rings. The summed E-state index contributed by atoms with van der Waals surface area (Å²) in [6.45, 7) is 0. The first-order valence-electron chi connectivity index (χ1n) is 16.6. The molecule has 0 saturated carbocycles. The van der Waals surface area contributed by atoms with Gasteiger partial charge in [0.05, 0.1) is 11.6 Å². The smallest absolute Gasteiger partial charge is 0.0991 e. The summed E-state index contributed by atoms with van der Waals surface area (Å²) in [5, 5.41) is 21.9. The summed E-state index contributed by atoms with van der Waals surface area (Å²) in [4.78, 5) is 0. The minimum absolute atomic E-state index is 0.696. The van der Waals surface area contributed by atoms with Crippen molar-refractivity contribution in [2.75, 3.05) is 0 Å². The summed E-state index contributed by atoms with van der Waals surface area (Å²) in [5.74, 6) is 0. The average Bonchev–Trinajstić information content (AvgIpc) is 3.54. The minimum Gasteiger partial charge on any atom is -0.192 e. The van der Waals surface area contributed by atoms with Crippen molar-refractivity contribution in [3.8, 4) is 39.4 Å². The predicted molar refractivity (Wildman–Crippen MR) is 210 cm³/mol. The van der Waals surface area contributed by atoms with E-state index in [0.717, 1.165) is 5.39 Å². The molecule has 0 amide bonds. The fourth-order valence-electron chi connectivity index (χ4n) is 7.74. The van der Waals surface area contributed by atoms with Gasteiger partial charge in [-0.05, 0) is 119 Å². The highest BCUT2D eigenvalue weighted by Gasteiger charge is 2.16. The molecule has 0 aliphatic rings. The van der Waals surface area contributed by atoms with E-state index in [2.05, 4.69) is 158 Å². The zero-order valence-electron chi connectivity index (χ0n) is 26.4. The van der Waals surface area contributed by atoms with Crippen molar-refractivity contribution >= 4 is 74.6 Å². The normalized spacial score (nSPS) is 11.7. The van der Waals surface area contributed by atoms with Gasteiger partial charge in [-0.15, -0.1) is 11.3 Å². The molecule has 226 valence electrons. The molecule has 0 saturated heterocycles. The zero-order valence-corrected chi connectivity index (χ0v) is 27.3. The third-order valence-electron chi connectivity index (χ3n) is 10.1. The van der Waals surface area contributed by atoms with E-state index >= 15 is 0 Å². The van der Waals surface area contributed by atoms with E-state index in [1.165, 1.54) is 91.3 Å². The van der Waals surface area contributed by atoms with Gasteiger partial charge in [-0.1, -0.05) is 121 Å². The molecule has 1 aromatic heterocycles. The van der Waals surface area contributed by atoms with Gasteiger partial charge in [0.2, 0.25) is 0 Å². The highest BCUT2D eigenvalue weighted by Crippen LogP contribution is 2.43. The Labute approximate surface area is 287 Å². The lowest BCUT2D eigenvalue weighted by atomic mass is 9.86. The molecule has 0 spiro atoms. The van der Waals surface area contributed by atoms with Crippen molar-refractivity contribution in [3.63, 3.8) is 0 Å². The van der Waals surface area contributed by atoms with Crippen molar-refractivity contribution in [2.45, 2.75) is 0 Å². The number of fused-ring (bicyclic) bond motifs is 9. The van der Waals surface area contributed by atoms with Crippen LogP contribution in [-0.4, -0.2) is 0 Å². The van der Waals surface area contributed by atoms with Gasteiger partial charge in [-0.25, -0.2) is 0 Å². The molecule has 1 nitrogen and oxygen atoms in total. The topological polar surface area (TPSA) is 23.8 Å². The SMILES string of the molecule is N#Cc1ccc2sc3ccc(-c4ccc(-c5cc6c7ccccc7c(-c7cccc8ccccc78)cc6c6ccccc56)cc4)cc3c2c1. The van der Waals surface area contributed by atoms with E-state index in [0.29, 0.717) is 5.56 Å². The van der Waals surface area contributed by atoms with E-state index < -0.39 is 0 Å². The summed E-state index contributed by atoms with van der Waals surface area (Å²) in [6.07, 6.45) is 0. The predicted octanol–water partition coefficient (Wildman–Crippen LogP) is 13.5. The Morgan fingerprint density at radius 2 is 0.898 bits per heavy atom. The van der Waals surface area contributed by atoms with E-state index in [1.54, 1.807) is 11.3 Å². The summed E-state index contributed by atoms with van der Waals surface area (Å²) >= 11 is 1.78. The fraction of sp³-hybridized carbons (Fsp3) is 0. The standard InChI is InChI=1S/C47H27NS/c48-28-29-16-22-46-44(24-29)45-25-33(21-23-47(45)49-46)30-17-19-32(20-18-30)40-26-42-39-14-6-5-13-38(39)41(27-43(42)37-12-4-3-11-36(37)40)35-15-7-9-31-8-1-2-10-34(31)35/h1-27H. The lowest BCUT2D eigenvalue weighted by Gasteiger charge is -2.17. The molecule has 0 fully saturated rings. The average molecular weight is 638 g/mol. The van der Waals surface area contributed by atoms with Crippen LogP contribution in [-0.2, 0) is 0 Å². The first-order chi connectivity index (χ1) is 24.2. The first-order valence-corrected chi connectivity index (χ1v) is 17.4. The van der Waals surface area contributed by atoms with Crippen LogP contribution in [0.4, 0.5) is 0 Å². The second-order valence-electron chi connectivity index (χ2n) is 12.8. The molecule has 10 rings (SSSR count). The maximum absolute atomic E-state index is 9.48. The Morgan fingerprint density at radius 3 is 1.63 bits per heavy atom. The number of hydrogen-bond acceptors (Lipinski definition) is 2. The van der Waals surface area contributed by atoms with Crippen molar-refractivity contribution in [2.24, 2.45) is 0 Å². The fourth-order valence-corrected chi connectivity index (χ4v) is 8.81. The monoisotopic (exact) mass is 637 g/mol. The molecule has 0 atom stereocenters. The molecule has 0 bridgehead atoms. The minimum atomic E-state index is 0.696. The second-order valence-corrected chi connectivity index (χ2v) is 13.9. The maximum atomic E-state index is 9.48. The van der Waals surface area contributed by atoms with Gasteiger partial charge in [-0.2, -0.15) is 5.26 Å². The second kappa shape index (κ2) is 10.9. The number of hydrogen-bond donors (Lipinski definition) is 0. The maximum Gasteiger partial charge on any atom is 0.0991 e. The Bertz CT molecular complexity index is 2990. The quantitative estimate of drug-likeness (QED) is 0.177. The Morgan fingerprint density at radius 1 is 0.347 bits per heavy atom. The van der Waals surface area contributed by atoms with Crippen LogP contribution in [0, 0.1) is 11.3 Å². The highest BCUT2D eigenvalue weighted by molar-refractivity contribution is 7.25. The Hall–Kier alpha value is -6.27. The number of nitrogens with zero attached hydrogens (tertiary/aromatic N) is 1. The highest BCUT2D eigenvalue weighted by atomic mass is 32.1. The summed E-state index contributed by atoms with van der Waals surface area (Å²) in [6, 6.07) is 61.8. The third-order valence-corrected chi connectivity index (χ3v) is 11.2. The van der Waals surface area contributed by atoms with Gasteiger partial charge in [-0.3, -0.25) is 0 Å². The van der Waals surface area contributed by atoms with E-state index in [4.69, 9.17) is 0 Å². The molecular formula is C47H27NS. The van der Waals surface area contributed by atoms with Crippen molar-refractivity contribution in [1.29, 1.82) is 5.26 Å². The molecule has 0 radical (unpaired) electrons. The van der Waals surface area contributed by atoms with Gasteiger partial charge < -0.3 is 0 Å². The summed E-state index contributed by atoms with van der Waals surface area (Å²) in [5.41, 5.74) is 8.02. The number of thiophene rings is 1. The summed E-state index contributed by atoms with van der Waals surface area (Å²) < 4.78 is 2.45. The number of benzene rings is 9. The molecule has 2 heteroatoms. The van der Waals surface area contributed by atoms with Crippen LogP contribution in [0.1, 0.15) is 5.56 Å². The van der Waals surface area contributed by atoms with Gasteiger partial charge in [0, 0.05) is 20.2 Å². The molecule has 0 aliphatic carbocycles. The molecule has 0 unspecified atom stereocenters. The van der Waals surface area contributed by atoms with Crippen molar-refractivity contribution < 1.29 is 0 Å².